The van der Waals surface area contributed by atoms with E-state index >= 15 is 0 Å². The number of ether oxygens (including phenoxy) is 1. The van der Waals surface area contributed by atoms with Crippen molar-refractivity contribution in [3.63, 3.8) is 0 Å². The van der Waals surface area contributed by atoms with Crippen LogP contribution >= 0.6 is 0 Å². The van der Waals surface area contributed by atoms with E-state index < -0.39 is 0 Å². The Balaban J connectivity index is 1.83. The van der Waals surface area contributed by atoms with Gasteiger partial charge in [-0.1, -0.05) is 18.2 Å². The summed E-state index contributed by atoms with van der Waals surface area (Å²) in [6.07, 6.45) is 1.84. The van der Waals surface area contributed by atoms with Crippen LogP contribution in [0.3, 0.4) is 0 Å². The summed E-state index contributed by atoms with van der Waals surface area (Å²) in [6.45, 7) is 2.67. The van der Waals surface area contributed by atoms with E-state index in [-0.39, 0.29) is 5.92 Å². The molecule has 3 aromatic rings. The Hall–Kier alpha value is -2.36. The summed E-state index contributed by atoms with van der Waals surface area (Å²) >= 11 is 0. The molecule has 0 saturated carbocycles. The van der Waals surface area contributed by atoms with Gasteiger partial charge in [-0.25, -0.2) is 9.97 Å². The summed E-state index contributed by atoms with van der Waals surface area (Å²) in [5.74, 6) is 2.06. The fraction of sp³-hybridized carbons (Fsp3) is 0.200. The Morgan fingerprint density at radius 1 is 1.32 bits per heavy atom. The Morgan fingerprint density at radius 2 is 2.21 bits per heavy atom. The van der Waals surface area contributed by atoms with Gasteiger partial charge in [0, 0.05) is 11.8 Å². The SMILES string of the molecule is Cc1cnc2nc(C3COc4ccccc43)[nH]c2c1. The number of hydrogen-bond acceptors (Lipinski definition) is 3. The Kier molecular flexibility index (Phi) is 2.12. The molecule has 0 spiro atoms. The molecule has 1 unspecified atom stereocenters. The van der Waals surface area contributed by atoms with E-state index in [1.165, 1.54) is 5.56 Å². The molecule has 0 fully saturated rings. The van der Waals surface area contributed by atoms with Gasteiger partial charge in [0.1, 0.15) is 18.2 Å². The lowest BCUT2D eigenvalue weighted by Gasteiger charge is -2.03. The molecule has 4 nitrogen and oxygen atoms in total. The average Bonchev–Trinajstić information content (AvgIpc) is 3.00. The van der Waals surface area contributed by atoms with Gasteiger partial charge in [-0.3, -0.25) is 0 Å². The van der Waals surface area contributed by atoms with Crippen LogP contribution in [-0.2, 0) is 0 Å². The molecular weight excluding hydrogens is 238 g/mol. The number of nitrogens with zero attached hydrogens (tertiary/aromatic N) is 2. The van der Waals surface area contributed by atoms with Gasteiger partial charge in [-0.05, 0) is 24.6 Å². The predicted octanol–water partition coefficient (Wildman–Crippen LogP) is 2.79. The molecule has 19 heavy (non-hydrogen) atoms. The molecule has 4 rings (SSSR count). The number of nitrogens with one attached hydrogen (secondary N) is 1. The topological polar surface area (TPSA) is 50.8 Å². The first-order chi connectivity index (χ1) is 9.31. The maximum Gasteiger partial charge on any atom is 0.177 e. The normalized spacial score (nSPS) is 17.4. The van der Waals surface area contributed by atoms with Crippen LogP contribution in [0.2, 0.25) is 0 Å². The van der Waals surface area contributed by atoms with Crippen molar-refractivity contribution in [3.05, 3.63) is 53.5 Å². The lowest BCUT2D eigenvalue weighted by molar-refractivity contribution is 0.340. The van der Waals surface area contributed by atoms with E-state index in [2.05, 4.69) is 27.1 Å². The number of hydrogen-bond donors (Lipinski definition) is 1. The first-order valence-electron chi connectivity index (χ1n) is 6.35. The molecule has 1 aromatic carbocycles. The first kappa shape index (κ1) is 10.6. The summed E-state index contributed by atoms with van der Waals surface area (Å²) in [7, 11) is 0. The molecule has 0 saturated heterocycles. The van der Waals surface area contributed by atoms with E-state index in [1.807, 2.05) is 31.3 Å². The molecule has 1 aliphatic heterocycles. The summed E-state index contributed by atoms with van der Waals surface area (Å²) in [5, 5.41) is 0. The standard InChI is InChI=1S/C15H13N3O/c1-9-6-12-15(16-7-9)18-14(17-12)11-8-19-13-5-3-2-4-10(11)13/h2-7,11H,8H2,1H3,(H,16,17,18). The Morgan fingerprint density at radius 3 is 3.16 bits per heavy atom. The van der Waals surface area contributed by atoms with Crippen LogP contribution in [0.4, 0.5) is 0 Å². The van der Waals surface area contributed by atoms with Crippen molar-refractivity contribution in [3.8, 4) is 5.75 Å². The minimum Gasteiger partial charge on any atom is -0.492 e. The first-order valence-corrected chi connectivity index (χ1v) is 6.35. The molecule has 0 radical (unpaired) electrons. The minimum atomic E-state index is 0.172. The molecule has 1 N–H and O–H groups in total. The number of aromatic nitrogens is 3. The maximum atomic E-state index is 5.70. The number of aryl methyl sites for hydroxylation is 1. The number of imidazole rings is 1. The smallest absolute Gasteiger partial charge is 0.177 e. The van der Waals surface area contributed by atoms with Crippen molar-refractivity contribution in [1.82, 2.24) is 15.0 Å². The highest BCUT2D eigenvalue weighted by atomic mass is 16.5. The van der Waals surface area contributed by atoms with E-state index in [0.29, 0.717) is 6.61 Å². The van der Waals surface area contributed by atoms with Crippen molar-refractivity contribution in [2.75, 3.05) is 6.61 Å². The van der Waals surface area contributed by atoms with Gasteiger partial charge in [0.05, 0.1) is 11.4 Å². The number of fused-ring (bicyclic) bond motifs is 2. The van der Waals surface area contributed by atoms with Crippen LogP contribution in [0, 0.1) is 6.92 Å². The van der Waals surface area contributed by atoms with Crippen LogP contribution in [0.25, 0.3) is 11.2 Å². The van der Waals surface area contributed by atoms with Crippen molar-refractivity contribution < 1.29 is 4.74 Å². The number of benzene rings is 1. The van der Waals surface area contributed by atoms with Gasteiger partial charge in [0.15, 0.2) is 5.65 Å². The number of pyridine rings is 1. The highest BCUT2D eigenvalue weighted by molar-refractivity contribution is 5.71. The van der Waals surface area contributed by atoms with Gasteiger partial charge < -0.3 is 9.72 Å². The zero-order chi connectivity index (χ0) is 12.8. The predicted molar refractivity (Wildman–Crippen MR) is 72.4 cm³/mol. The van der Waals surface area contributed by atoms with Gasteiger partial charge in [-0.15, -0.1) is 0 Å². The molecule has 1 atom stereocenters. The van der Waals surface area contributed by atoms with E-state index in [0.717, 1.165) is 28.3 Å². The molecule has 94 valence electrons. The monoisotopic (exact) mass is 251 g/mol. The zero-order valence-corrected chi connectivity index (χ0v) is 10.6. The summed E-state index contributed by atoms with van der Waals surface area (Å²) in [6, 6.07) is 10.2. The van der Waals surface area contributed by atoms with Crippen molar-refractivity contribution >= 4 is 11.2 Å². The molecule has 1 aliphatic rings. The van der Waals surface area contributed by atoms with Crippen molar-refractivity contribution in [1.29, 1.82) is 0 Å². The third-order valence-electron chi connectivity index (χ3n) is 3.52. The summed E-state index contributed by atoms with van der Waals surface area (Å²) < 4.78 is 5.70. The highest BCUT2D eigenvalue weighted by Gasteiger charge is 2.27. The van der Waals surface area contributed by atoms with Crippen LogP contribution in [0.5, 0.6) is 5.75 Å². The molecule has 2 aromatic heterocycles. The maximum absolute atomic E-state index is 5.70. The fourth-order valence-corrected chi connectivity index (χ4v) is 2.58. The molecular formula is C15H13N3O. The van der Waals surface area contributed by atoms with E-state index in [9.17, 15) is 0 Å². The van der Waals surface area contributed by atoms with Gasteiger partial charge in [0.25, 0.3) is 0 Å². The van der Waals surface area contributed by atoms with Crippen LogP contribution < -0.4 is 4.74 Å². The Labute approximate surface area is 110 Å². The second-order valence-corrected chi connectivity index (χ2v) is 4.91. The highest BCUT2D eigenvalue weighted by Crippen LogP contribution is 2.37. The van der Waals surface area contributed by atoms with Crippen LogP contribution in [0.1, 0.15) is 22.9 Å². The van der Waals surface area contributed by atoms with Gasteiger partial charge in [0.2, 0.25) is 0 Å². The van der Waals surface area contributed by atoms with Crippen LogP contribution in [0.15, 0.2) is 36.5 Å². The second-order valence-electron chi connectivity index (χ2n) is 4.91. The second kappa shape index (κ2) is 3.82. The third-order valence-corrected chi connectivity index (χ3v) is 3.52. The number of aromatic amines is 1. The summed E-state index contributed by atoms with van der Waals surface area (Å²) in [5.41, 5.74) is 4.08. The Bertz CT molecular complexity index is 763. The zero-order valence-electron chi connectivity index (χ0n) is 10.6. The molecule has 0 amide bonds. The lowest BCUT2D eigenvalue weighted by Crippen LogP contribution is -2.04. The number of para-hydroxylation sites is 1. The molecule has 4 heteroatoms. The largest absolute Gasteiger partial charge is 0.492 e. The average molecular weight is 251 g/mol. The molecule has 3 heterocycles. The molecule has 0 bridgehead atoms. The molecule has 0 aliphatic carbocycles. The van der Waals surface area contributed by atoms with E-state index in [1.54, 1.807) is 0 Å². The lowest BCUT2D eigenvalue weighted by atomic mass is 10.0. The van der Waals surface area contributed by atoms with Gasteiger partial charge >= 0.3 is 0 Å². The fourth-order valence-electron chi connectivity index (χ4n) is 2.58. The van der Waals surface area contributed by atoms with Crippen molar-refractivity contribution in [2.45, 2.75) is 12.8 Å². The minimum absolute atomic E-state index is 0.172. The van der Waals surface area contributed by atoms with E-state index in [4.69, 9.17) is 4.74 Å². The van der Waals surface area contributed by atoms with Crippen molar-refractivity contribution in [2.24, 2.45) is 0 Å². The number of H-pyrrole nitrogens is 1. The quantitative estimate of drug-likeness (QED) is 0.723. The van der Waals surface area contributed by atoms with Gasteiger partial charge in [-0.2, -0.15) is 0 Å². The number of rotatable bonds is 1. The third kappa shape index (κ3) is 1.60. The summed E-state index contributed by atoms with van der Waals surface area (Å²) in [4.78, 5) is 12.3. The van der Waals surface area contributed by atoms with Crippen LogP contribution in [-0.4, -0.2) is 21.6 Å².